The fourth-order valence-corrected chi connectivity index (χ4v) is 5.36. The van der Waals surface area contributed by atoms with Crippen LogP contribution >= 0.6 is 12.4 Å². The van der Waals surface area contributed by atoms with Gasteiger partial charge in [-0.25, -0.2) is 4.39 Å². The van der Waals surface area contributed by atoms with Gasteiger partial charge in [0.1, 0.15) is 17.9 Å². The summed E-state index contributed by atoms with van der Waals surface area (Å²) in [6.07, 6.45) is 2.71. The predicted molar refractivity (Wildman–Crippen MR) is 181 cm³/mol. The topological polar surface area (TPSA) is 137 Å². The highest BCUT2D eigenvalue weighted by molar-refractivity contribution is 6.11. The fourth-order valence-electron chi connectivity index (χ4n) is 5.36. The molecule has 0 bridgehead atoms. The van der Waals surface area contributed by atoms with Crippen LogP contribution < -0.4 is 25.4 Å². The first-order valence-electron chi connectivity index (χ1n) is 15.6. The Hall–Kier alpha value is -4.36. The summed E-state index contributed by atoms with van der Waals surface area (Å²) in [6, 6.07) is 13.6. The van der Waals surface area contributed by atoms with E-state index in [4.69, 9.17) is 18.9 Å². The summed E-state index contributed by atoms with van der Waals surface area (Å²) < 4.78 is 37.0. The Balaban J connectivity index is 0.00000520. The molecule has 0 spiro atoms. The van der Waals surface area contributed by atoms with Gasteiger partial charge >= 0.3 is 0 Å². The second-order valence-electron chi connectivity index (χ2n) is 11.1. The van der Waals surface area contributed by atoms with Crippen LogP contribution in [0.2, 0.25) is 0 Å². The maximum absolute atomic E-state index is 15.4. The average Bonchev–Trinajstić information content (AvgIpc) is 3.74. The second-order valence-corrected chi connectivity index (χ2v) is 11.1. The Morgan fingerprint density at radius 3 is 2.12 bits per heavy atom. The largest absolute Gasteiger partial charge is 0.494 e. The van der Waals surface area contributed by atoms with Gasteiger partial charge in [-0.05, 0) is 53.9 Å². The highest BCUT2D eigenvalue weighted by Crippen LogP contribution is 2.31. The second kappa shape index (κ2) is 17.7. The molecule has 0 saturated carbocycles. The van der Waals surface area contributed by atoms with Gasteiger partial charge in [-0.1, -0.05) is 25.1 Å². The molecule has 3 aromatic carbocycles. The lowest BCUT2D eigenvalue weighted by Crippen LogP contribution is -2.51. The molecule has 2 aliphatic heterocycles. The zero-order chi connectivity index (χ0) is 33.2. The van der Waals surface area contributed by atoms with Crippen LogP contribution in [0.1, 0.15) is 61.1 Å². The minimum Gasteiger partial charge on any atom is -0.494 e. The number of methoxy groups -OCH3 is 1. The van der Waals surface area contributed by atoms with Crippen molar-refractivity contribution < 1.29 is 37.7 Å². The predicted octanol–water partition coefficient (Wildman–Crippen LogP) is 3.74. The summed E-state index contributed by atoms with van der Waals surface area (Å²) in [6.45, 7) is 5.38. The van der Waals surface area contributed by atoms with E-state index < -0.39 is 11.6 Å². The first-order valence-corrected chi connectivity index (χ1v) is 15.6. The van der Waals surface area contributed by atoms with Crippen LogP contribution in [0.5, 0.6) is 11.5 Å². The molecule has 0 aliphatic carbocycles. The summed E-state index contributed by atoms with van der Waals surface area (Å²) in [5.41, 5.74) is 2.73. The van der Waals surface area contributed by atoms with Crippen LogP contribution in [0.25, 0.3) is 0 Å². The Labute approximate surface area is 285 Å². The molecule has 3 N–H and O–H groups in total. The molecule has 1 saturated heterocycles. The number of aliphatic imine (C=N–C) groups is 1. The number of fused-ring (bicyclic) bond motifs is 1. The van der Waals surface area contributed by atoms with Crippen molar-refractivity contribution in [3.05, 3.63) is 93.8 Å². The number of ketones is 1. The van der Waals surface area contributed by atoms with Gasteiger partial charge in [0.05, 0.1) is 45.6 Å². The van der Waals surface area contributed by atoms with E-state index in [1.165, 1.54) is 43.5 Å². The normalized spacial score (nSPS) is 16.1. The molecule has 2 amide bonds. The Morgan fingerprint density at radius 1 is 0.833 bits per heavy atom. The smallest absolute Gasteiger partial charge is 0.251 e. The molecular formula is C35H40ClFN4O7. The maximum Gasteiger partial charge on any atom is 0.251 e. The quantitative estimate of drug-likeness (QED) is 0.154. The number of hydrogen-bond donors (Lipinski definition) is 3. The fraction of sp³-hybridized carbons (Fsp3) is 0.371. The van der Waals surface area contributed by atoms with E-state index in [9.17, 15) is 14.4 Å². The number of rotatable bonds is 16. The Morgan fingerprint density at radius 2 is 1.44 bits per heavy atom. The summed E-state index contributed by atoms with van der Waals surface area (Å²) in [5.74, 6) is -2.12. The monoisotopic (exact) mass is 682 g/mol. The number of nitrogens with zero attached hydrogens (tertiary/aromatic N) is 1. The van der Waals surface area contributed by atoms with Crippen molar-refractivity contribution in [1.29, 1.82) is 0 Å². The zero-order valence-corrected chi connectivity index (χ0v) is 27.7. The molecule has 13 heteroatoms. The molecule has 11 nitrogen and oxygen atoms in total. The van der Waals surface area contributed by atoms with Gasteiger partial charge in [0.2, 0.25) is 0 Å². The van der Waals surface area contributed by atoms with Gasteiger partial charge < -0.3 is 34.9 Å². The molecular weight excluding hydrogens is 643 g/mol. The van der Waals surface area contributed by atoms with Gasteiger partial charge in [-0.3, -0.25) is 19.4 Å². The van der Waals surface area contributed by atoms with E-state index in [1.807, 2.05) is 19.1 Å². The maximum atomic E-state index is 15.4. The van der Waals surface area contributed by atoms with Crippen LogP contribution in [0, 0.1) is 5.82 Å². The molecule has 1 fully saturated rings. The van der Waals surface area contributed by atoms with Gasteiger partial charge in [-0.15, -0.1) is 12.4 Å². The standard InChI is InChI=1S/C35H39FN4O7.ClH/c1-3-12-45-13-14-46-15-16-47-29-10-11-30(44-2)32(36)31(29)33(41)22-4-6-23(7-5-22)34(42)39-27-20-38-21-28(27)40-35(43)24-8-9-25-18-37-19-26(25)17-24;/h4-11,17-18,27-28,38H,3,12-16,19-21H2,1-2H3,(H,39,42)(H,40,43);1H/t27-,28+;/m1./s1. The first kappa shape index (κ1) is 36.5. The number of halogens is 2. The lowest BCUT2D eigenvalue weighted by molar-refractivity contribution is 0.0364. The van der Waals surface area contributed by atoms with Crippen LogP contribution in [0.15, 0.2) is 59.6 Å². The average molecular weight is 683 g/mol. The van der Waals surface area contributed by atoms with E-state index in [0.29, 0.717) is 50.6 Å². The molecule has 0 aromatic heterocycles. The van der Waals surface area contributed by atoms with E-state index in [-0.39, 0.29) is 72.1 Å². The van der Waals surface area contributed by atoms with Crippen molar-refractivity contribution in [1.82, 2.24) is 16.0 Å². The minimum atomic E-state index is -0.847. The number of benzene rings is 3. The molecule has 2 heterocycles. The number of carbonyl (C=O) groups excluding carboxylic acids is 3. The Bertz CT molecular complexity index is 1620. The van der Waals surface area contributed by atoms with Gasteiger partial charge in [0.15, 0.2) is 17.3 Å². The van der Waals surface area contributed by atoms with Gasteiger partial charge in [0, 0.05) is 42.6 Å². The number of amides is 2. The molecule has 5 rings (SSSR count). The summed E-state index contributed by atoms with van der Waals surface area (Å²) in [7, 11) is 1.31. The number of hydrogen-bond acceptors (Lipinski definition) is 9. The van der Waals surface area contributed by atoms with Gasteiger partial charge in [0.25, 0.3) is 11.8 Å². The number of ether oxygens (including phenoxy) is 4. The third-order valence-electron chi connectivity index (χ3n) is 7.87. The van der Waals surface area contributed by atoms with Crippen molar-refractivity contribution in [2.45, 2.75) is 32.0 Å². The minimum absolute atomic E-state index is 0. The summed E-state index contributed by atoms with van der Waals surface area (Å²) in [5, 5.41) is 9.19. The summed E-state index contributed by atoms with van der Waals surface area (Å²) >= 11 is 0. The molecule has 3 aromatic rings. The first-order chi connectivity index (χ1) is 22.9. The number of carbonyl (C=O) groups is 3. The van der Waals surface area contributed by atoms with Crippen molar-refractivity contribution in [3.8, 4) is 11.5 Å². The van der Waals surface area contributed by atoms with E-state index >= 15 is 4.39 Å². The van der Waals surface area contributed by atoms with Crippen LogP contribution in [-0.4, -0.2) is 89.1 Å². The van der Waals surface area contributed by atoms with Crippen molar-refractivity contribution >= 4 is 36.2 Å². The van der Waals surface area contributed by atoms with Crippen LogP contribution in [0.4, 0.5) is 4.39 Å². The molecule has 0 radical (unpaired) electrons. The third kappa shape index (κ3) is 8.95. The summed E-state index contributed by atoms with van der Waals surface area (Å²) in [4.78, 5) is 43.8. The lowest BCUT2D eigenvalue weighted by Gasteiger charge is -2.21. The zero-order valence-electron chi connectivity index (χ0n) is 26.9. The van der Waals surface area contributed by atoms with Crippen LogP contribution in [-0.2, 0) is 16.0 Å². The van der Waals surface area contributed by atoms with E-state index in [0.717, 1.165) is 17.5 Å². The highest BCUT2D eigenvalue weighted by atomic mass is 35.5. The molecule has 0 unspecified atom stereocenters. The Kier molecular flexibility index (Phi) is 13.4. The molecule has 2 aliphatic rings. The van der Waals surface area contributed by atoms with Crippen LogP contribution in [0.3, 0.4) is 0 Å². The van der Waals surface area contributed by atoms with Crippen molar-refractivity contribution in [2.24, 2.45) is 4.99 Å². The lowest BCUT2D eigenvalue weighted by atomic mass is 10.00. The van der Waals surface area contributed by atoms with Crippen molar-refractivity contribution in [2.75, 3.05) is 53.2 Å². The van der Waals surface area contributed by atoms with Crippen molar-refractivity contribution in [3.63, 3.8) is 0 Å². The molecule has 256 valence electrons. The van der Waals surface area contributed by atoms with Gasteiger partial charge in [-0.2, -0.15) is 0 Å². The number of nitrogens with one attached hydrogen (secondary N) is 3. The molecule has 48 heavy (non-hydrogen) atoms. The third-order valence-corrected chi connectivity index (χ3v) is 7.87. The molecule has 2 atom stereocenters. The highest BCUT2D eigenvalue weighted by Gasteiger charge is 2.31. The SMILES string of the molecule is CCCOCCOCCOc1ccc(OC)c(F)c1C(=O)c1ccc(C(=O)N[C@@H]2CNC[C@@H]2NC(=O)c2ccc3c(c2)CN=C3)cc1.Cl. The van der Waals surface area contributed by atoms with E-state index in [1.54, 1.807) is 12.3 Å². The van der Waals surface area contributed by atoms with E-state index in [2.05, 4.69) is 20.9 Å².